The van der Waals surface area contributed by atoms with Crippen molar-refractivity contribution in [2.45, 2.75) is 0 Å². The summed E-state index contributed by atoms with van der Waals surface area (Å²) in [5.74, 6) is 1.41. The fraction of sp³-hybridized carbons (Fsp3) is 0.0741. The van der Waals surface area contributed by atoms with E-state index in [0.29, 0.717) is 29.4 Å². The van der Waals surface area contributed by atoms with Crippen molar-refractivity contribution < 1.29 is 14.3 Å². The van der Waals surface area contributed by atoms with Crippen molar-refractivity contribution >= 4 is 28.8 Å². The average molecular weight is 407 g/mol. The Bertz CT molecular complexity index is 1330. The Hall–Kier alpha value is -4.05. The third-order valence-corrected chi connectivity index (χ3v) is 5.31. The van der Waals surface area contributed by atoms with E-state index in [0.717, 1.165) is 22.0 Å². The third-order valence-electron chi connectivity index (χ3n) is 5.31. The van der Waals surface area contributed by atoms with Gasteiger partial charge in [-0.15, -0.1) is 0 Å². The van der Waals surface area contributed by atoms with Crippen molar-refractivity contribution in [2.24, 2.45) is 7.05 Å². The topological polar surface area (TPSA) is 40.5 Å². The van der Waals surface area contributed by atoms with Crippen LogP contribution in [0.15, 0.2) is 90.8 Å². The van der Waals surface area contributed by atoms with Crippen molar-refractivity contribution in [1.82, 2.24) is 4.57 Å². The summed E-state index contributed by atoms with van der Waals surface area (Å²) in [6.45, 7) is 0.431. The minimum atomic E-state index is -0.113. The molecule has 4 aromatic rings. The van der Waals surface area contributed by atoms with Crippen LogP contribution >= 0.6 is 0 Å². The fourth-order valence-electron chi connectivity index (χ4n) is 3.78. The van der Waals surface area contributed by atoms with Gasteiger partial charge in [-0.05, 0) is 35.9 Å². The molecule has 4 nitrogen and oxygen atoms in total. The van der Waals surface area contributed by atoms with E-state index in [1.54, 1.807) is 18.2 Å². The summed E-state index contributed by atoms with van der Waals surface area (Å²) >= 11 is 0. The molecule has 0 saturated heterocycles. The number of rotatable bonds is 5. The van der Waals surface area contributed by atoms with E-state index < -0.39 is 0 Å². The van der Waals surface area contributed by atoms with Gasteiger partial charge in [0, 0.05) is 35.8 Å². The summed E-state index contributed by atoms with van der Waals surface area (Å²) in [5.41, 5.74) is 3.74. The number of carbonyl (C=O) groups is 1. The van der Waals surface area contributed by atoms with Gasteiger partial charge in [-0.1, -0.05) is 54.6 Å². The lowest BCUT2D eigenvalue weighted by molar-refractivity contribution is 0.101. The number of carbonyl (C=O) groups excluding carboxylic acids is 1. The monoisotopic (exact) mass is 407 g/mol. The van der Waals surface area contributed by atoms with E-state index in [9.17, 15) is 4.79 Å². The summed E-state index contributed by atoms with van der Waals surface area (Å²) in [5, 5.41) is 1.08. The molecule has 0 unspecified atom stereocenters. The van der Waals surface area contributed by atoms with Crippen LogP contribution in [0.2, 0.25) is 0 Å². The predicted octanol–water partition coefficient (Wildman–Crippen LogP) is 5.89. The number of hydrogen-bond acceptors (Lipinski definition) is 3. The van der Waals surface area contributed by atoms with E-state index in [1.165, 1.54) is 0 Å². The van der Waals surface area contributed by atoms with Gasteiger partial charge in [0.2, 0.25) is 5.78 Å². The highest BCUT2D eigenvalue weighted by molar-refractivity contribution is 6.15. The van der Waals surface area contributed by atoms with Crippen molar-refractivity contribution in [3.05, 3.63) is 108 Å². The van der Waals surface area contributed by atoms with Crippen LogP contribution in [0.5, 0.6) is 11.5 Å². The van der Waals surface area contributed by atoms with Crippen molar-refractivity contribution in [1.29, 1.82) is 0 Å². The Morgan fingerprint density at radius 1 is 1.00 bits per heavy atom. The van der Waals surface area contributed by atoms with Gasteiger partial charge in [-0.2, -0.15) is 0 Å². The van der Waals surface area contributed by atoms with Gasteiger partial charge >= 0.3 is 0 Å². The number of Topliss-reactive ketones (excluding diaryl/α,β-unsaturated/α-hetero) is 1. The number of hydrogen-bond donors (Lipinski definition) is 0. The predicted molar refractivity (Wildman–Crippen MR) is 123 cm³/mol. The molecular weight excluding hydrogens is 386 g/mol. The smallest absolute Gasteiger partial charge is 0.231 e. The van der Waals surface area contributed by atoms with Gasteiger partial charge < -0.3 is 14.0 Å². The van der Waals surface area contributed by atoms with Gasteiger partial charge in [0.15, 0.2) is 5.76 Å². The van der Waals surface area contributed by atoms with E-state index >= 15 is 0 Å². The van der Waals surface area contributed by atoms with Gasteiger partial charge in [0.1, 0.15) is 18.1 Å². The summed E-state index contributed by atoms with van der Waals surface area (Å²) in [4.78, 5) is 12.8. The van der Waals surface area contributed by atoms with Crippen molar-refractivity contribution in [3.8, 4) is 11.5 Å². The number of fused-ring (bicyclic) bond motifs is 2. The lowest BCUT2D eigenvalue weighted by atomic mass is 10.1. The highest BCUT2D eigenvalue weighted by Crippen LogP contribution is 2.35. The van der Waals surface area contributed by atoms with E-state index in [2.05, 4.69) is 6.07 Å². The summed E-state index contributed by atoms with van der Waals surface area (Å²) in [7, 11) is 1.99. The Morgan fingerprint density at radius 3 is 2.68 bits per heavy atom. The Balaban J connectivity index is 1.33. The Kier molecular flexibility index (Phi) is 4.89. The lowest BCUT2D eigenvalue weighted by Gasteiger charge is -2.04. The first-order valence-corrected chi connectivity index (χ1v) is 10.2. The van der Waals surface area contributed by atoms with Crippen LogP contribution in [0.3, 0.4) is 0 Å². The summed E-state index contributed by atoms with van der Waals surface area (Å²) < 4.78 is 13.7. The van der Waals surface area contributed by atoms with Crippen LogP contribution in [0, 0.1) is 0 Å². The number of nitrogens with zero attached hydrogens (tertiary/aromatic N) is 1. The Labute approximate surface area is 180 Å². The molecule has 152 valence electrons. The molecule has 1 aromatic heterocycles. The maximum atomic E-state index is 12.8. The van der Waals surface area contributed by atoms with Crippen molar-refractivity contribution in [3.63, 3.8) is 0 Å². The minimum absolute atomic E-state index is 0.113. The molecule has 0 radical (unpaired) electrons. The second kappa shape index (κ2) is 8.00. The molecular formula is C27H21NO3. The number of allylic oxidation sites excluding steroid dienone is 1. The molecule has 0 saturated carbocycles. The highest BCUT2D eigenvalue weighted by Gasteiger charge is 2.28. The van der Waals surface area contributed by atoms with Crippen molar-refractivity contribution in [2.75, 3.05) is 6.61 Å². The lowest BCUT2D eigenvalue weighted by Crippen LogP contribution is -1.97. The largest absolute Gasteiger partial charge is 0.489 e. The number of benzene rings is 3. The molecule has 2 heterocycles. The fourth-order valence-corrected chi connectivity index (χ4v) is 3.78. The first-order chi connectivity index (χ1) is 15.2. The standard InChI is InChI=1S/C27H21NO3/c1-28-18-20(22-11-5-6-12-24(22)28)16-26-27(29)23-14-13-21(17-25(23)31-26)30-15-7-10-19-8-3-2-4-9-19/h2-14,16-18H,15H2,1H3/b10-7+,26-16+. The van der Waals surface area contributed by atoms with Crippen LogP contribution < -0.4 is 9.47 Å². The van der Waals surface area contributed by atoms with Gasteiger partial charge in [0.25, 0.3) is 0 Å². The van der Waals surface area contributed by atoms with Crippen LogP contribution in [0.1, 0.15) is 21.5 Å². The maximum Gasteiger partial charge on any atom is 0.231 e. The number of aryl methyl sites for hydroxylation is 1. The molecule has 4 heteroatoms. The normalized spacial score (nSPS) is 14.4. The molecule has 31 heavy (non-hydrogen) atoms. The van der Waals surface area contributed by atoms with Gasteiger partial charge in [-0.3, -0.25) is 4.79 Å². The van der Waals surface area contributed by atoms with Crippen LogP contribution in [0.25, 0.3) is 23.1 Å². The molecule has 0 atom stereocenters. The molecule has 3 aromatic carbocycles. The molecule has 0 bridgehead atoms. The average Bonchev–Trinajstić information content (AvgIpc) is 3.28. The van der Waals surface area contributed by atoms with Crippen LogP contribution in [-0.4, -0.2) is 17.0 Å². The second-order valence-electron chi connectivity index (χ2n) is 7.43. The van der Waals surface area contributed by atoms with Gasteiger partial charge in [0.05, 0.1) is 5.56 Å². The zero-order valence-electron chi connectivity index (χ0n) is 17.1. The van der Waals surface area contributed by atoms with Crippen LogP contribution in [0.4, 0.5) is 0 Å². The van der Waals surface area contributed by atoms with Crippen LogP contribution in [-0.2, 0) is 7.05 Å². The van der Waals surface area contributed by atoms with E-state index in [-0.39, 0.29) is 5.78 Å². The first-order valence-electron chi connectivity index (χ1n) is 10.2. The zero-order valence-corrected chi connectivity index (χ0v) is 17.1. The quantitative estimate of drug-likeness (QED) is 0.388. The maximum absolute atomic E-state index is 12.8. The summed E-state index contributed by atoms with van der Waals surface area (Å²) in [6.07, 6.45) is 7.79. The molecule has 0 fully saturated rings. The number of para-hydroxylation sites is 1. The Morgan fingerprint density at radius 2 is 1.81 bits per heavy atom. The second-order valence-corrected chi connectivity index (χ2v) is 7.43. The molecule has 0 N–H and O–H groups in total. The molecule has 5 rings (SSSR count). The first kappa shape index (κ1) is 18.9. The third kappa shape index (κ3) is 3.76. The molecule has 0 aliphatic carbocycles. The molecule has 1 aliphatic rings. The number of ketones is 1. The summed E-state index contributed by atoms with van der Waals surface area (Å²) in [6, 6.07) is 23.5. The zero-order chi connectivity index (χ0) is 21.2. The number of ether oxygens (including phenoxy) is 2. The molecule has 1 aliphatic heterocycles. The molecule has 0 amide bonds. The van der Waals surface area contributed by atoms with Gasteiger partial charge in [-0.25, -0.2) is 0 Å². The SMILES string of the molecule is Cn1cc(/C=C2/Oc3cc(OC/C=C/c4ccccc4)ccc3C2=O)c2ccccc21. The number of aromatic nitrogens is 1. The minimum Gasteiger partial charge on any atom is -0.489 e. The van der Waals surface area contributed by atoms with E-state index in [1.807, 2.05) is 84.6 Å². The highest BCUT2D eigenvalue weighted by atomic mass is 16.5. The molecule has 0 spiro atoms. The van der Waals surface area contributed by atoms with E-state index in [4.69, 9.17) is 9.47 Å².